The lowest BCUT2D eigenvalue weighted by molar-refractivity contribution is -0.160. The van der Waals surface area contributed by atoms with E-state index in [2.05, 4.69) is 21.2 Å². The Bertz CT molecular complexity index is 693. The summed E-state index contributed by atoms with van der Waals surface area (Å²) < 4.78 is 24.2. The molecular formula is C13H8BrFNO3P. The van der Waals surface area contributed by atoms with E-state index < -0.39 is 19.8 Å². The van der Waals surface area contributed by atoms with E-state index in [4.69, 9.17) is 0 Å². The van der Waals surface area contributed by atoms with E-state index in [9.17, 15) is 18.6 Å². The fraction of sp³-hybridized carbons (Fsp3) is 0. The summed E-state index contributed by atoms with van der Waals surface area (Å²) in [7, 11) is -2.74. The van der Waals surface area contributed by atoms with Gasteiger partial charge in [-0.2, -0.15) is 0 Å². The standard InChI is InChI=1S/C13H8BrFNO3P/c14-11-7-9(4-5-12(11)15)16-13(17)8-2-1-3-10(6-8)20(18)19/h1-7H,(H,16,17). The van der Waals surface area contributed by atoms with Gasteiger partial charge in [-0.25, -0.2) is 4.39 Å². The number of halogens is 2. The van der Waals surface area contributed by atoms with Crippen molar-refractivity contribution in [3.05, 3.63) is 58.3 Å². The lowest BCUT2D eigenvalue weighted by atomic mass is 10.2. The van der Waals surface area contributed by atoms with Crippen LogP contribution in [-0.4, -0.2) is 5.91 Å². The summed E-state index contributed by atoms with van der Waals surface area (Å²) in [5.41, 5.74) is 0.613. The molecule has 1 atom stereocenters. The van der Waals surface area contributed by atoms with Gasteiger partial charge in [0, 0.05) is 17.3 Å². The molecule has 0 radical (unpaired) electrons. The molecule has 0 aromatic heterocycles. The van der Waals surface area contributed by atoms with Crippen LogP contribution in [0.1, 0.15) is 10.4 Å². The Balaban J connectivity index is 2.21. The van der Waals surface area contributed by atoms with E-state index in [0.717, 1.165) is 0 Å². The molecule has 0 bridgehead atoms. The minimum absolute atomic E-state index is 0.0629. The van der Waals surface area contributed by atoms with Gasteiger partial charge in [0.05, 0.1) is 4.47 Å². The molecule has 0 saturated heterocycles. The van der Waals surface area contributed by atoms with Crippen molar-refractivity contribution in [1.29, 1.82) is 0 Å². The first-order valence-electron chi connectivity index (χ1n) is 5.48. The third-order valence-electron chi connectivity index (χ3n) is 2.50. The molecule has 0 saturated carbocycles. The van der Waals surface area contributed by atoms with Crippen LogP contribution in [0, 0.1) is 5.82 Å². The highest BCUT2D eigenvalue weighted by Gasteiger charge is 2.12. The maximum atomic E-state index is 13.1. The van der Waals surface area contributed by atoms with Crippen LogP contribution in [-0.2, 0) is 4.57 Å². The van der Waals surface area contributed by atoms with Gasteiger partial charge in [0.1, 0.15) is 5.82 Å². The molecule has 2 aromatic carbocycles. The second kappa shape index (κ2) is 6.22. The molecule has 0 spiro atoms. The van der Waals surface area contributed by atoms with Crippen molar-refractivity contribution in [1.82, 2.24) is 0 Å². The number of carbonyl (C=O) groups is 1. The lowest BCUT2D eigenvalue weighted by Crippen LogP contribution is -2.14. The molecular weight excluding hydrogens is 348 g/mol. The van der Waals surface area contributed by atoms with Crippen LogP contribution in [0.3, 0.4) is 0 Å². The van der Waals surface area contributed by atoms with Crippen LogP contribution in [0.15, 0.2) is 46.9 Å². The fourth-order valence-corrected chi connectivity index (χ4v) is 2.37. The maximum absolute atomic E-state index is 13.1. The first kappa shape index (κ1) is 14.8. The van der Waals surface area contributed by atoms with Crippen LogP contribution in [0.25, 0.3) is 0 Å². The zero-order chi connectivity index (χ0) is 14.7. The number of anilines is 1. The smallest absolute Gasteiger partial charge is 0.348 e. The normalized spacial score (nSPS) is 11.1. The summed E-state index contributed by atoms with van der Waals surface area (Å²) in [6.45, 7) is 0. The van der Waals surface area contributed by atoms with Gasteiger partial charge < -0.3 is 10.2 Å². The number of rotatable bonds is 3. The topological polar surface area (TPSA) is 69.2 Å². The van der Waals surface area contributed by atoms with E-state index in [1.165, 1.54) is 42.5 Å². The molecule has 102 valence electrons. The summed E-state index contributed by atoms with van der Waals surface area (Å²) in [6, 6.07) is 9.70. The Kier molecular flexibility index (Phi) is 4.60. The van der Waals surface area contributed by atoms with Gasteiger partial charge in [-0.1, -0.05) is 10.6 Å². The monoisotopic (exact) mass is 355 g/mol. The maximum Gasteiger partial charge on any atom is 0.348 e. The molecule has 0 heterocycles. The molecule has 2 aromatic rings. The number of carbonyl (C=O) groups excluding carboxylic acids is 1. The second-order valence-electron chi connectivity index (χ2n) is 3.89. The molecule has 4 nitrogen and oxygen atoms in total. The van der Waals surface area contributed by atoms with Crippen molar-refractivity contribution in [3.8, 4) is 0 Å². The van der Waals surface area contributed by atoms with Gasteiger partial charge in [-0.05, 0) is 46.3 Å². The SMILES string of the molecule is O=C(Nc1ccc(F)c(Br)c1)c1cccc([P+](=O)[O-])c1. The molecule has 1 amide bonds. The third kappa shape index (κ3) is 3.48. The average molecular weight is 356 g/mol. The minimum Gasteiger partial charge on any atom is -0.591 e. The molecule has 0 aliphatic carbocycles. The van der Waals surface area contributed by atoms with Gasteiger partial charge in [-0.15, -0.1) is 0 Å². The highest BCUT2D eigenvalue weighted by Crippen LogP contribution is 2.20. The third-order valence-corrected chi connectivity index (χ3v) is 3.80. The van der Waals surface area contributed by atoms with Crippen LogP contribution < -0.4 is 15.5 Å². The molecule has 0 aliphatic heterocycles. The number of hydrogen-bond acceptors (Lipinski definition) is 3. The van der Waals surface area contributed by atoms with Crippen LogP contribution in [0.4, 0.5) is 10.1 Å². The molecule has 0 aliphatic rings. The Morgan fingerprint density at radius 3 is 2.65 bits per heavy atom. The summed E-state index contributed by atoms with van der Waals surface area (Å²) in [5, 5.41) is 2.62. The average Bonchev–Trinajstić information content (AvgIpc) is 2.43. The van der Waals surface area contributed by atoms with E-state index in [1.54, 1.807) is 0 Å². The molecule has 0 fully saturated rings. The summed E-state index contributed by atoms with van der Waals surface area (Å²) in [6.07, 6.45) is 0. The van der Waals surface area contributed by atoms with E-state index >= 15 is 0 Å². The Morgan fingerprint density at radius 1 is 1.25 bits per heavy atom. The lowest BCUT2D eigenvalue weighted by Gasteiger charge is -2.06. The van der Waals surface area contributed by atoms with E-state index in [0.29, 0.717) is 5.69 Å². The van der Waals surface area contributed by atoms with Gasteiger partial charge in [-0.3, -0.25) is 4.79 Å². The summed E-state index contributed by atoms with van der Waals surface area (Å²) >= 11 is 3.02. The Morgan fingerprint density at radius 2 is 2.00 bits per heavy atom. The van der Waals surface area contributed by atoms with Gasteiger partial charge in [0.15, 0.2) is 5.30 Å². The largest absolute Gasteiger partial charge is 0.591 e. The molecule has 1 unspecified atom stereocenters. The van der Waals surface area contributed by atoms with Crippen molar-refractivity contribution < 1.29 is 18.6 Å². The number of nitrogens with one attached hydrogen (secondary N) is 1. The van der Waals surface area contributed by atoms with E-state index in [1.807, 2.05) is 0 Å². The minimum atomic E-state index is -2.74. The quantitative estimate of drug-likeness (QED) is 0.860. The first-order chi connectivity index (χ1) is 9.47. The number of amides is 1. The van der Waals surface area contributed by atoms with Crippen molar-refractivity contribution in [2.75, 3.05) is 5.32 Å². The number of benzene rings is 2. The Hall–Kier alpha value is -1.62. The van der Waals surface area contributed by atoms with Gasteiger partial charge in [0.25, 0.3) is 5.91 Å². The van der Waals surface area contributed by atoms with E-state index in [-0.39, 0.29) is 15.3 Å². The fourth-order valence-electron chi connectivity index (χ4n) is 1.54. The van der Waals surface area contributed by atoms with Crippen molar-refractivity contribution in [2.45, 2.75) is 0 Å². The van der Waals surface area contributed by atoms with Gasteiger partial charge >= 0.3 is 8.03 Å². The van der Waals surface area contributed by atoms with Crippen LogP contribution >= 0.6 is 24.0 Å². The van der Waals surface area contributed by atoms with Crippen molar-refractivity contribution >= 4 is 40.9 Å². The van der Waals surface area contributed by atoms with Crippen LogP contribution in [0.5, 0.6) is 0 Å². The van der Waals surface area contributed by atoms with Crippen molar-refractivity contribution in [3.63, 3.8) is 0 Å². The Labute approximate surface area is 123 Å². The zero-order valence-corrected chi connectivity index (χ0v) is 12.4. The highest BCUT2D eigenvalue weighted by atomic mass is 79.9. The second-order valence-corrected chi connectivity index (χ2v) is 5.78. The zero-order valence-electron chi connectivity index (χ0n) is 9.97. The highest BCUT2D eigenvalue weighted by molar-refractivity contribution is 9.10. The van der Waals surface area contributed by atoms with Crippen molar-refractivity contribution in [2.24, 2.45) is 0 Å². The molecule has 20 heavy (non-hydrogen) atoms. The summed E-state index contributed by atoms with van der Waals surface area (Å²) in [4.78, 5) is 22.8. The number of hydrogen-bond donors (Lipinski definition) is 1. The predicted molar refractivity (Wildman–Crippen MR) is 75.7 cm³/mol. The van der Waals surface area contributed by atoms with Gasteiger partial charge in [0.2, 0.25) is 0 Å². The first-order valence-corrected chi connectivity index (χ1v) is 7.45. The van der Waals surface area contributed by atoms with Crippen LogP contribution in [0.2, 0.25) is 0 Å². The molecule has 1 N–H and O–H groups in total. The predicted octanol–water partition coefficient (Wildman–Crippen LogP) is 2.57. The molecule has 7 heteroatoms. The summed E-state index contributed by atoms with van der Waals surface area (Å²) in [5.74, 6) is -0.907. The molecule has 2 rings (SSSR count).